The largest absolute Gasteiger partial charge is 0.361 e. The van der Waals surface area contributed by atoms with Gasteiger partial charge in [-0.1, -0.05) is 18.1 Å². The smallest absolute Gasteiger partial charge is 0.317 e. The Kier molecular flexibility index (Phi) is 5.60. The summed E-state index contributed by atoms with van der Waals surface area (Å²) in [6.45, 7) is 7.08. The molecule has 0 spiro atoms. The maximum atomic E-state index is 12.2. The normalized spacial score (nSPS) is 12.2. The molecular formula is C16H23N3O2S. The van der Waals surface area contributed by atoms with E-state index in [-0.39, 0.29) is 6.03 Å². The van der Waals surface area contributed by atoms with Gasteiger partial charge in [-0.2, -0.15) is 0 Å². The molecule has 6 heteroatoms. The maximum Gasteiger partial charge on any atom is 0.317 e. The van der Waals surface area contributed by atoms with Crippen LogP contribution in [0.3, 0.4) is 0 Å². The van der Waals surface area contributed by atoms with Gasteiger partial charge in [-0.05, 0) is 37.6 Å². The van der Waals surface area contributed by atoms with Crippen molar-refractivity contribution in [2.45, 2.75) is 33.7 Å². The second kappa shape index (κ2) is 7.45. The van der Waals surface area contributed by atoms with Gasteiger partial charge >= 0.3 is 6.03 Å². The third-order valence-electron chi connectivity index (χ3n) is 3.65. The van der Waals surface area contributed by atoms with E-state index in [1.54, 1.807) is 23.3 Å². The van der Waals surface area contributed by atoms with Crippen molar-refractivity contribution < 1.29 is 9.32 Å². The van der Waals surface area contributed by atoms with Gasteiger partial charge in [-0.25, -0.2) is 4.79 Å². The molecule has 120 valence electrons. The van der Waals surface area contributed by atoms with Crippen LogP contribution < -0.4 is 5.32 Å². The second-order valence-corrected chi connectivity index (χ2v) is 6.77. The zero-order valence-electron chi connectivity index (χ0n) is 13.5. The fourth-order valence-corrected chi connectivity index (χ4v) is 3.15. The molecule has 0 saturated heterocycles. The fraction of sp³-hybridized carbons (Fsp3) is 0.500. The molecule has 0 radical (unpaired) electrons. The number of aromatic nitrogens is 1. The number of carbonyl (C=O) groups is 1. The van der Waals surface area contributed by atoms with E-state index in [9.17, 15) is 4.79 Å². The van der Waals surface area contributed by atoms with Crippen molar-refractivity contribution in [1.29, 1.82) is 0 Å². The second-order valence-electron chi connectivity index (χ2n) is 5.73. The topological polar surface area (TPSA) is 58.4 Å². The summed E-state index contributed by atoms with van der Waals surface area (Å²) >= 11 is 1.76. The Morgan fingerprint density at radius 1 is 1.50 bits per heavy atom. The van der Waals surface area contributed by atoms with Crippen LogP contribution in [0.15, 0.2) is 22.0 Å². The Bertz CT molecular complexity index is 587. The molecule has 0 aliphatic heterocycles. The minimum Gasteiger partial charge on any atom is -0.361 e. The lowest BCUT2D eigenvalue weighted by atomic mass is 10.1. The Labute approximate surface area is 135 Å². The molecule has 0 aromatic carbocycles. The lowest BCUT2D eigenvalue weighted by Crippen LogP contribution is -2.39. The van der Waals surface area contributed by atoms with Crippen molar-refractivity contribution in [2.75, 3.05) is 13.6 Å². The molecule has 2 amide bonds. The van der Waals surface area contributed by atoms with E-state index in [4.69, 9.17) is 4.52 Å². The number of nitrogens with one attached hydrogen (secondary N) is 1. The van der Waals surface area contributed by atoms with E-state index in [0.29, 0.717) is 19.0 Å². The molecule has 0 aliphatic carbocycles. The number of amides is 2. The monoisotopic (exact) mass is 321 g/mol. The SMILES string of the molecule is Cc1noc(C)c1CN(C)C(=O)NCC(C)Cc1cccs1. The van der Waals surface area contributed by atoms with Crippen LogP contribution in [0.5, 0.6) is 0 Å². The third kappa shape index (κ3) is 4.34. The van der Waals surface area contributed by atoms with E-state index < -0.39 is 0 Å². The lowest BCUT2D eigenvalue weighted by Gasteiger charge is -2.19. The first-order valence-electron chi connectivity index (χ1n) is 7.40. The highest BCUT2D eigenvalue weighted by atomic mass is 32.1. The van der Waals surface area contributed by atoms with Crippen molar-refractivity contribution in [3.63, 3.8) is 0 Å². The van der Waals surface area contributed by atoms with Crippen LogP contribution in [0.2, 0.25) is 0 Å². The Morgan fingerprint density at radius 3 is 2.86 bits per heavy atom. The number of carbonyl (C=O) groups excluding carboxylic acids is 1. The highest BCUT2D eigenvalue weighted by Crippen LogP contribution is 2.15. The van der Waals surface area contributed by atoms with Crippen LogP contribution in [0.1, 0.15) is 28.8 Å². The molecule has 1 N–H and O–H groups in total. The Balaban J connectivity index is 1.79. The summed E-state index contributed by atoms with van der Waals surface area (Å²) in [7, 11) is 1.78. The molecule has 0 saturated carbocycles. The molecule has 0 fully saturated rings. The summed E-state index contributed by atoms with van der Waals surface area (Å²) in [5.74, 6) is 1.18. The van der Waals surface area contributed by atoms with Gasteiger partial charge in [-0.15, -0.1) is 11.3 Å². The quantitative estimate of drug-likeness (QED) is 0.887. The van der Waals surface area contributed by atoms with E-state index in [0.717, 1.165) is 23.4 Å². The highest BCUT2D eigenvalue weighted by molar-refractivity contribution is 7.09. The zero-order chi connectivity index (χ0) is 16.1. The number of hydrogen-bond donors (Lipinski definition) is 1. The number of thiophene rings is 1. The van der Waals surface area contributed by atoms with Gasteiger partial charge in [0.1, 0.15) is 5.76 Å². The first kappa shape index (κ1) is 16.5. The van der Waals surface area contributed by atoms with Crippen LogP contribution in [0, 0.1) is 19.8 Å². The first-order valence-corrected chi connectivity index (χ1v) is 8.28. The average molecular weight is 321 g/mol. The molecule has 1 atom stereocenters. The number of urea groups is 1. The third-order valence-corrected chi connectivity index (χ3v) is 4.55. The summed E-state index contributed by atoms with van der Waals surface area (Å²) in [4.78, 5) is 15.2. The fourth-order valence-electron chi connectivity index (χ4n) is 2.28. The van der Waals surface area contributed by atoms with Gasteiger partial charge in [0.15, 0.2) is 0 Å². The summed E-state index contributed by atoms with van der Waals surface area (Å²) in [5.41, 5.74) is 1.81. The average Bonchev–Trinajstić information content (AvgIpc) is 3.09. The Morgan fingerprint density at radius 2 is 2.27 bits per heavy atom. The van der Waals surface area contributed by atoms with Crippen molar-refractivity contribution in [3.8, 4) is 0 Å². The summed E-state index contributed by atoms with van der Waals surface area (Å²) in [6.07, 6.45) is 0.992. The first-order chi connectivity index (χ1) is 10.5. The van der Waals surface area contributed by atoms with Crippen LogP contribution in [0.4, 0.5) is 4.79 Å². The number of rotatable bonds is 6. The van der Waals surface area contributed by atoms with E-state index in [1.165, 1.54) is 4.88 Å². The van der Waals surface area contributed by atoms with Gasteiger partial charge in [0.05, 0.1) is 12.2 Å². The van der Waals surface area contributed by atoms with Gasteiger partial charge in [-0.3, -0.25) is 0 Å². The molecule has 2 rings (SSSR count). The number of aryl methyl sites for hydroxylation is 2. The highest BCUT2D eigenvalue weighted by Gasteiger charge is 2.16. The Hall–Kier alpha value is -1.82. The minimum absolute atomic E-state index is 0.0713. The number of hydrogen-bond acceptors (Lipinski definition) is 4. The molecular weight excluding hydrogens is 298 g/mol. The molecule has 0 bridgehead atoms. The van der Waals surface area contributed by atoms with Gasteiger partial charge < -0.3 is 14.7 Å². The molecule has 1 unspecified atom stereocenters. The zero-order valence-corrected chi connectivity index (χ0v) is 14.4. The summed E-state index contributed by atoms with van der Waals surface area (Å²) in [6, 6.07) is 4.12. The van der Waals surface area contributed by atoms with Crippen molar-refractivity contribution in [3.05, 3.63) is 39.4 Å². The van der Waals surface area contributed by atoms with Gasteiger partial charge in [0.2, 0.25) is 0 Å². The molecule has 0 aliphatic rings. The van der Waals surface area contributed by atoms with Crippen molar-refractivity contribution in [2.24, 2.45) is 5.92 Å². The minimum atomic E-state index is -0.0713. The predicted molar refractivity (Wildman–Crippen MR) is 88.0 cm³/mol. The van der Waals surface area contributed by atoms with Crippen LogP contribution in [-0.2, 0) is 13.0 Å². The molecule has 22 heavy (non-hydrogen) atoms. The van der Waals surface area contributed by atoms with Crippen LogP contribution in [0.25, 0.3) is 0 Å². The molecule has 2 aromatic rings. The summed E-state index contributed by atoms with van der Waals surface area (Å²) < 4.78 is 5.13. The standard InChI is InChI=1S/C16H23N3O2S/c1-11(8-14-6-5-7-22-14)9-17-16(20)19(4)10-15-12(2)18-21-13(15)3/h5-7,11H,8-10H2,1-4H3,(H,17,20). The van der Waals surface area contributed by atoms with Crippen LogP contribution in [-0.4, -0.2) is 29.7 Å². The van der Waals surface area contributed by atoms with E-state index >= 15 is 0 Å². The molecule has 2 heterocycles. The van der Waals surface area contributed by atoms with Gasteiger partial charge in [0, 0.05) is 24.0 Å². The number of nitrogens with zero attached hydrogens (tertiary/aromatic N) is 2. The summed E-state index contributed by atoms with van der Waals surface area (Å²) in [5, 5.41) is 8.98. The maximum absolute atomic E-state index is 12.2. The van der Waals surface area contributed by atoms with Gasteiger partial charge in [0.25, 0.3) is 0 Å². The van der Waals surface area contributed by atoms with Crippen LogP contribution >= 0.6 is 11.3 Å². The van der Waals surface area contributed by atoms with E-state index in [2.05, 4.69) is 34.9 Å². The van der Waals surface area contributed by atoms with E-state index in [1.807, 2.05) is 13.8 Å². The van der Waals surface area contributed by atoms with Crippen molar-refractivity contribution in [1.82, 2.24) is 15.4 Å². The molecule has 2 aromatic heterocycles. The lowest BCUT2D eigenvalue weighted by molar-refractivity contribution is 0.205. The molecule has 5 nitrogen and oxygen atoms in total. The van der Waals surface area contributed by atoms with Crippen molar-refractivity contribution >= 4 is 17.4 Å². The predicted octanol–water partition coefficient (Wildman–Crippen LogP) is 3.37.